The van der Waals surface area contributed by atoms with Crippen LogP contribution in [0.2, 0.25) is 15.1 Å². The predicted octanol–water partition coefficient (Wildman–Crippen LogP) is 4.33. The van der Waals surface area contributed by atoms with Crippen LogP contribution >= 0.6 is 34.8 Å². The van der Waals surface area contributed by atoms with E-state index in [1.165, 1.54) is 14.2 Å². The van der Waals surface area contributed by atoms with Crippen LogP contribution in [0.25, 0.3) is 0 Å². The number of nitrogens with one attached hydrogen (secondary N) is 1. The predicted molar refractivity (Wildman–Crippen MR) is 106 cm³/mol. The fourth-order valence-corrected chi connectivity index (χ4v) is 2.90. The summed E-state index contributed by atoms with van der Waals surface area (Å²) < 4.78 is 15.1. The van der Waals surface area contributed by atoms with Crippen LogP contribution < -0.4 is 14.9 Å². The van der Waals surface area contributed by atoms with Crippen molar-refractivity contribution in [2.75, 3.05) is 20.8 Å². The Morgan fingerprint density at radius 3 is 2.48 bits per heavy atom. The van der Waals surface area contributed by atoms with Crippen LogP contribution in [0, 0.1) is 0 Å². The van der Waals surface area contributed by atoms with Gasteiger partial charge in [0.2, 0.25) is 0 Å². The standard InChI is InChI=1S/C18H17Cl3N2O4/c1-25-16-7-11(6-15(21)18(16)27-10-17(24)26-2)8-22-23-9-12-13(19)4-3-5-14(12)20/h3-8,23H,9-10H2,1-2H3/b22-8+. The average Bonchev–Trinajstić information content (AvgIpc) is 2.65. The van der Waals surface area contributed by atoms with Crippen LogP contribution in [0.3, 0.4) is 0 Å². The van der Waals surface area contributed by atoms with Crippen molar-refractivity contribution in [1.82, 2.24) is 5.43 Å². The maximum atomic E-state index is 11.2. The zero-order valence-electron chi connectivity index (χ0n) is 14.6. The van der Waals surface area contributed by atoms with Crippen LogP contribution in [0.5, 0.6) is 11.5 Å². The molecule has 0 saturated heterocycles. The highest BCUT2D eigenvalue weighted by atomic mass is 35.5. The highest BCUT2D eigenvalue weighted by Crippen LogP contribution is 2.36. The molecule has 0 fully saturated rings. The summed E-state index contributed by atoms with van der Waals surface area (Å²) in [4.78, 5) is 11.2. The molecule has 0 aliphatic rings. The number of hydrogen-bond acceptors (Lipinski definition) is 6. The molecular formula is C18H17Cl3N2O4. The van der Waals surface area contributed by atoms with Crippen molar-refractivity contribution in [1.29, 1.82) is 0 Å². The molecule has 1 N–H and O–H groups in total. The van der Waals surface area contributed by atoms with Crippen molar-refractivity contribution >= 4 is 47.0 Å². The number of methoxy groups -OCH3 is 2. The van der Waals surface area contributed by atoms with Crippen LogP contribution in [-0.2, 0) is 16.1 Å². The molecule has 9 heteroatoms. The van der Waals surface area contributed by atoms with Crippen molar-refractivity contribution in [3.8, 4) is 11.5 Å². The summed E-state index contributed by atoms with van der Waals surface area (Å²) in [5, 5.41) is 5.52. The van der Waals surface area contributed by atoms with E-state index in [4.69, 9.17) is 44.3 Å². The second-order valence-electron chi connectivity index (χ2n) is 5.19. The lowest BCUT2D eigenvalue weighted by atomic mass is 10.2. The molecule has 0 aliphatic heterocycles. The third kappa shape index (κ3) is 5.92. The van der Waals surface area contributed by atoms with Crippen molar-refractivity contribution in [3.63, 3.8) is 0 Å². The minimum atomic E-state index is -0.527. The minimum absolute atomic E-state index is 0.248. The molecule has 0 bridgehead atoms. The van der Waals surface area contributed by atoms with E-state index >= 15 is 0 Å². The molecule has 144 valence electrons. The number of benzene rings is 2. The Hall–Kier alpha value is -2.15. The number of esters is 1. The maximum absolute atomic E-state index is 11.2. The highest BCUT2D eigenvalue weighted by Gasteiger charge is 2.13. The molecule has 0 amide bonds. The van der Waals surface area contributed by atoms with E-state index in [-0.39, 0.29) is 17.4 Å². The Morgan fingerprint density at radius 1 is 1.15 bits per heavy atom. The molecule has 0 aromatic heterocycles. The van der Waals surface area contributed by atoms with E-state index in [2.05, 4.69) is 15.3 Å². The van der Waals surface area contributed by atoms with Gasteiger partial charge in [-0.25, -0.2) is 4.79 Å². The lowest BCUT2D eigenvalue weighted by molar-refractivity contribution is -0.142. The van der Waals surface area contributed by atoms with E-state index in [9.17, 15) is 4.79 Å². The molecule has 27 heavy (non-hydrogen) atoms. The van der Waals surface area contributed by atoms with Crippen LogP contribution in [0.4, 0.5) is 0 Å². The SMILES string of the molecule is COC(=O)COc1c(Cl)cc(/C=N/NCc2c(Cl)cccc2Cl)cc1OC. The van der Waals surface area contributed by atoms with Crippen molar-refractivity contribution in [2.45, 2.75) is 6.54 Å². The first-order valence-electron chi connectivity index (χ1n) is 7.72. The topological polar surface area (TPSA) is 69.2 Å². The molecule has 2 rings (SSSR count). The summed E-state index contributed by atoms with van der Waals surface area (Å²) >= 11 is 18.4. The molecule has 0 heterocycles. The first kappa shape index (κ1) is 21.2. The summed E-state index contributed by atoms with van der Waals surface area (Å²) in [7, 11) is 2.74. The number of carbonyl (C=O) groups is 1. The second kappa shape index (κ2) is 10.3. The fourth-order valence-electron chi connectivity index (χ4n) is 2.09. The number of carbonyl (C=O) groups excluding carboxylic acids is 1. The van der Waals surface area contributed by atoms with Gasteiger partial charge in [0.05, 0.1) is 32.0 Å². The number of hydrazone groups is 1. The average molecular weight is 432 g/mol. The Bertz CT molecular complexity index is 823. The highest BCUT2D eigenvalue weighted by molar-refractivity contribution is 6.36. The maximum Gasteiger partial charge on any atom is 0.343 e. The first-order valence-corrected chi connectivity index (χ1v) is 8.85. The van der Waals surface area contributed by atoms with Crippen molar-refractivity contribution in [3.05, 3.63) is 56.5 Å². The Morgan fingerprint density at radius 2 is 1.85 bits per heavy atom. The molecule has 0 spiro atoms. The number of halogens is 3. The van der Waals surface area contributed by atoms with Gasteiger partial charge in [0.15, 0.2) is 18.1 Å². The molecule has 0 unspecified atom stereocenters. The van der Waals surface area contributed by atoms with E-state index in [1.807, 2.05) is 0 Å². The lowest BCUT2D eigenvalue weighted by Gasteiger charge is -2.12. The zero-order valence-corrected chi connectivity index (χ0v) is 16.9. The first-order chi connectivity index (χ1) is 13.0. The van der Waals surface area contributed by atoms with Crippen LogP contribution in [-0.4, -0.2) is 33.0 Å². The smallest absolute Gasteiger partial charge is 0.343 e. The quantitative estimate of drug-likeness (QED) is 0.383. The van der Waals surface area contributed by atoms with E-state index < -0.39 is 5.97 Å². The van der Waals surface area contributed by atoms with Gasteiger partial charge in [-0.2, -0.15) is 5.10 Å². The summed E-state index contributed by atoms with van der Waals surface area (Å²) in [5.41, 5.74) is 4.29. The normalized spacial score (nSPS) is 10.7. The summed E-state index contributed by atoms with van der Waals surface area (Å²) in [6, 6.07) is 8.59. The van der Waals surface area contributed by atoms with E-state index in [1.54, 1.807) is 36.5 Å². The van der Waals surface area contributed by atoms with Gasteiger partial charge in [0, 0.05) is 15.6 Å². The summed E-state index contributed by atoms with van der Waals surface area (Å²) in [5.74, 6) is 0.0840. The second-order valence-corrected chi connectivity index (χ2v) is 6.41. The van der Waals surface area contributed by atoms with Gasteiger partial charge in [-0.05, 0) is 29.8 Å². The van der Waals surface area contributed by atoms with Gasteiger partial charge in [0.25, 0.3) is 0 Å². The molecule has 2 aromatic rings. The van der Waals surface area contributed by atoms with Gasteiger partial charge in [-0.15, -0.1) is 0 Å². The zero-order chi connectivity index (χ0) is 19.8. The third-order valence-electron chi connectivity index (χ3n) is 3.44. The van der Waals surface area contributed by atoms with Gasteiger partial charge in [0.1, 0.15) is 0 Å². The molecular weight excluding hydrogens is 415 g/mol. The Labute approximate surface area is 172 Å². The van der Waals surface area contributed by atoms with Crippen molar-refractivity contribution in [2.24, 2.45) is 5.10 Å². The number of nitrogens with zero attached hydrogens (tertiary/aromatic N) is 1. The van der Waals surface area contributed by atoms with E-state index in [0.717, 1.165) is 5.56 Å². The van der Waals surface area contributed by atoms with Crippen molar-refractivity contribution < 1.29 is 19.0 Å². The fraction of sp³-hybridized carbons (Fsp3) is 0.222. The number of hydrogen-bond donors (Lipinski definition) is 1. The van der Waals surface area contributed by atoms with Gasteiger partial charge in [-0.1, -0.05) is 40.9 Å². The molecule has 0 radical (unpaired) electrons. The Kier molecular flexibility index (Phi) is 8.03. The molecule has 0 aliphatic carbocycles. The van der Waals surface area contributed by atoms with Gasteiger partial charge < -0.3 is 19.6 Å². The summed E-state index contributed by atoms with van der Waals surface area (Å²) in [6.07, 6.45) is 1.56. The Balaban J connectivity index is 2.07. The molecule has 6 nitrogen and oxygen atoms in total. The van der Waals surface area contributed by atoms with E-state index in [0.29, 0.717) is 27.9 Å². The monoisotopic (exact) mass is 430 g/mol. The molecule has 2 aromatic carbocycles. The largest absolute Gasteiger partial charge is 0.493 e. The third-order valence-corrected chi connectivity index (χ3v) is 4.43. The van der Waals surface area contributed by atoms with Gasteiger partial charge >= 0.3 is 5.97 Å². The number of rotatable bonds is 8. The molecule has 0 saturated carbocycles. The van der Waals surface area contributed by atoms with Crippen LogP contribution in [0.15, 0.2) is 35.4 Å². The lowest BCUT2D eigenvalue weighted by Crippen LogP contribution is -2.13. The van der Waals surface area contributed by atoms with Crippen LogP contribution in [0.1, 0.15) is 11.1 Å². The summed E-state index contributed by atoms with van der Waals surface area (Å²) in [6.45, 7) is 0.0837. The molecule has 0 atom stereocenters. The number of ether oxygens (including phenoxy) is 3. The van der Waals surface area contributed by atoms with Gasteiger partial charge in [-0.3, -0.25) is 0 Å². The minimum Gasteiger partial charge on any atom is -0.493 e.